The predicted molar refractivity (Wildman–Crippen MR) is 75.3 cm³/mol. The second-order valence-corrected chi connectivity index (χ2v) is 4.25. The van der Waals surface area contributed by atoms with Crippen LogP contribution in [0.1, 0.15) is 11.1 Å². The van der Waals surface area contributed by atoms with Gasteiger partial charge in [-0.2, -0.15) is 10.5 Å². The van der Waals surface area contributed by atoms with E-state index in [1.54, 1.807) is 12.1 Å². The van der Waals surface area contributed by atoms with Gasteiger partial charge in [0.1, 0.15) is 12.1 Å². The standard InChI is InChI=1S/C14H8N6/c15-3-7-5-19-9-1-2-10-12(11(9)13(7)17)14(18)8(4-16)6-20-10/h1-2,5-6H,(H2,17,19)(H2,18,20). The number of fused-ring (bicyclic) bond motifs is 3. The van der Waals surface area contributed by atoms with Gasteiger partial charge in [-0.25, -0.2) is 0 Å². The van der Waals surface area contributed by atoms with Gasteiger partial charge in [-0.15, -0.1) is 0 Å². The molecular formula is C14H8N6. The number of nitrogens with two attached hydrogens (primary N) is 2. The van der Waals surface area contributed by atoms with Crippen molar-refractivity contribution in [1.29, 1.82) is 10.5 Å². The lowest BCUT2D eigenvalue weighted by atomic mass is 10.0. The zero-order valence-corrected chi connectivity index (χ0v) is 10.3. The van der Waals surface area contributed by atoms with E-state index in [0.717, 1.165) is 0 Å². The van der Waals surface area contributed by atoms with Crippen LogP contribution in [0.2, 0.25) is 0 Å². The van der Waals surface area contributed by atoms with Crippen molar-refractivity contribution in [2.75, 3.05) is 11.5 Å². The monoisotopic (exact) mass is 260 g/mol. The van der Waals surface area contributed by atoms with Crippen molar-refractivity contribution >= 4 is 33.2 Å². The number of aromatic nitrogens is 2. The van der Waals surface area contributed by atoms with Crippen LogP contribution in [0.3, 0.4) is 0 Å². The van der Waals surface area contributed by atoms with Gasteiger partial charge in [-0.3, -0.25) is 9.97 Å². The van der Waals surface area contributed by atoms with Crippen molar-refractivity contribution in [3.63, 3.8) is 0 Å². The van der Waals surface area contributed by atoms with Crippen molar-refractivity contribution in [3.05, 3.63) is 35.7 Å². The Morgan fingerprint density at radius 3 is 1.55 bits per heavy atom. The summed E-state index contributed by atoms with van der Waals surface area (Å²) in [5, 5.41) is 19.2. The van der Waals surface area contributed by atoms with Crippen LogP contribution in [0, 0.1) is 22.7 Å². The first kappa shape index (κ1) is 11.7. The molecule has 0 spiro atoms. The van der Waals surface area contributed by atoms with Crippen LogP contribution < -0.4 is 11.5 Å². The van der Waals surface area contributed by atoms with E-state index in [1.807, 2.05) is 12.1 Å². The number of anilines is 2. The van der Waals surface area contributed by atoms with E-state index in [1.165, 1.54) is 12.4 Å². The Hall–Kier alpha value is -3.38. The van der Waals surface area contributed by atoms with Crippen molar-refractivity contribution in [2.24, 2.45) is 0 Å². The van der Waals surface area contributed by atoms with E-state index in [-0.39, 0.29) is 11.1 Å². The normalized spacial score (nSPS) is 10.3. The highest BCUT2D eigenvalue weighted by Crippen LogP contribution is 2.34. The molecule has 0 aliphatic heterocycles. The Morgan fingerprint density at radius 2 is 1.20 bits per heavy atom. The first-order chi connectivity index (χ1) is 9.67. The molecule has 0 saturated carbocycles. The van der Waals surface area contributed by atoms with E-state index < -0.39 is 0 Å². The molecule has 1 aromatic carbocycles. The fraction of sp³-hybridized carbons (Fsp3) is 0. The molecule has 0 amide bonds. The van der Waals surface area contributed by atoms with E-state index in [9.17, 15) is 0 Å². The van der Waals surface area contributed by atoms with Crippen LogP contribution in [-0.2, 0) is 0 Å². The number of hydrogen-bond acceptors (Lipinski definition) is 6. The fourth-order valence-corrected chi connectivity index (χ4v) is 2.20. The molecule has 6 nitrogen and oxygen atoms in total. The molecule has 94 valence electrons. The second kappa shape index (κ2) is 4.08. The van der Waals surface area contributed by atoms with Gasteiger partial charge in [0.25, 0.3) is 0 Å². The summed E-state index contributed by atoms with van der Waals surface area (Å²) < 4.78 is 0. The van der Waals surface area contributed by atoms with Crippen molar-refractivity contribution in [2.45, 2.75) is 0 Å². The van der Waals surface area contributed by atoms with E-state index in [2.05, 4.69) is 9.97 Å². The zero-order valence-electron chi connectivity index (χ0n) is 10.3. The van der Waals surface area contributed by atoms with Crippen LogP contribution >= 0.6 is 0 Å². The van der Waals surface area contributed by atoms with Crippen LogP contribution in [0.4, 0.5) is 11.4 Å². The molecule has 2 aromatic heterocycles. The largest absolute Gasteiger partial charge is 0.397 e. The minimum Gasteiger partial charge on any atom is -0.397 e. The van der Waals surface area contributed by atoms with Gasteiger partial charge in [0, 0.05) is 23.2 Å². The molecule has 20 heavy (non-hydrogen) atoms. The molecule has 0 bridgehead atoms. The predicted octanol–water partition coefficient (Wildman–Crippen LogP) is 1.69. The second-order valence-electron chi connectivity index (χ2n) is 4.25. The van der Waals surface area contributed by atoms with Crippen LogP contribution in [-0.4, -0.2) is 9.97 Å². The molecule has 0 unspecified atom stereocenters. The molecule has 6 heteroatoms. The minimum atomic E-state index is 0.270. The zero-order chi connectivity index (χ0) is 14.3. The molecule has 4 N–H and O–H groups in total. The number of pyridine rings is 2. The number of nitriles is 2. The average Bonchev–Trinajstić information content (AvgIpc) is 2.47. The number of hydrogen-bond donors (Lipinski definition) is 2. The number of benzene rings is 1. The van der Waals surface area contributed by atoms with Crippen LogP contribution in [0.15, 0.2) is 24.5 Å². The Labute approximate surface area is 113 Å². The fourth-order valence-electron chi connectivity index (χ4n) is 2.20. The lowest BCUT2D eigenvalue weighted by molar-refractivity contribution is 1.36. The number of nitrogens with zero attached hydrogens (tertiary/aromatic N) is 4. The number of nitrogen functional groups attached to an aromatic ring is 2. The molecule has 0 radical (unpaired) electrons. The van der Waals surface area contributed by atoms with Gasteiger partial charge in [-0.05, 0) is 12.1 Å². The average molecular weight is 260 g/mol. The summed E-state index contributed by atoms with van der Waals surface area (Å²) in [6.45, 7) is 0. The van der Waals surface area contributed by atoms with E-state index >= 15 is 0 Å². The first-order valence-corrected chi connectivity index (χ1v) is 5.73. The summed E-state index contributed by atoms with van der Waals surface area (Å²) in [4.78, 5) is 8.38. The Kier molecular flexibility index (Phi) is 2.38. The molecule has 3 rings (SSSR count). The van der Waals surface area contributed by atoms with Gasteiger partial charge in [0.15, 0.2) is 0 Å². The summed E-state index contributed by atoms with van der Waals surface area (Å²) in [6.07, 6.45) is 2.84. The molecule has 0 saturated heterocycles. The van der Waals surface area contributed by atoms with E-state index in [4.69, 9.17) is 22.0 Å². The summed E-state index contributed by atoms with van der Waals surface area (Å²) in [6, 6.07) is 7.49. The molecule has 0 atom stereocenters. The number of rotatable bonds is 0. The Balaban J connectivity index is 2.65. The Bertz CT molecular complexity index is 867. The minimum absolute atomic E-state index is 0.270. The maximum atomic E-state index is 9.05. The van der Waals surface area contributed by atoms with Gasteiger partial charge >= 0.3 is 0 Å². The quantitative estimate of drug-likeness (QED) is 0.592. The topological polar surface area (TPSA) is 125 Å². The molecule has 3 aromatic rings. The van der Waals surface area contributed by atoms with Crippen LogP contribution in [0.5, 0.6) is 0 Å². The maximum absolute atomic E-state index is 9.05. The summed E-state index contributed by atoms with van der Waals surface area (Å²) in [7, 11) is 0. The van der Waals surface area contributed by atoms with Gasteiger partial charge in [-0.1, -0.05) is 0 Å². The van der Waals surface area contributed by atoms with Gasteiger partial charge in [0.2, 0.25) is 0 Å². The lowest BCUT2D eigenvalue weighted by Gasteiger charge is -2.09. The first-order valence-electron chi connectivity index (χ1n) is 5.73. The third-order valence-corrected chi connectivity index (χ3v) is 3.19. The Morgan fingerprint density at radius 1 is 0.800 bits per heavy atom. The SMILES string of the molecule is N#Cc1cnc2ccc3ncc(C#N)c(N)c3c2c1N. The molecule has 0 aliphatic carbocycles. The molecule has 2 heterocycles. The third kappa shape index (κ3) is 1.43. The summed E-state index contributed by atoms with van der Waals surface area (Å²) in [5.41, 5.74) is 14.4. The van der Waals surface area contributed by atoms with Crippen molar-refractivity contribution in [3.8, 4) is 12.1 Å². The smallest absolute Gasteiger partial charge is 0.103 e. The van der Waals surface area contributed by atoms with Gasteiger partial charge in [0.05, 0.1) is 33.5 Å². The molecule has 0 fully saturated rings. The van der Waals surface area contributed by atoms with Gasteiger partial charge < -0.3 is 11.5 Å². The highest BCUT2D eigenvalue weighted by atomic mass is 14.7. The van der Waals surface area contributed by atoms with Crippen molar-refractivity contribution < 1.29 is 0 Å². The summed E-state index contributed by atoms with van der Waals surface area (Å²) >= 11 is 0. The summed E-state index contributed by atoms with van der Waals surface area (Å²) in [5.74, 6) is 0. The third-order valence-electron chi connectivity index (χ3n) is 3.19. The van der Waals surface area contributed by atoms with Crippen molar-refractivity contribution in [1.82, 2.24) is 9.97 Å². The van der Waals surface area contributed by atoms with Crippen LogP contribution in [0.25, 0.3) is 21.8 Å². The lowest BCUT2D eigenvalue weighted by Crippen LogP contribution is -1.99. The highest BCUT2D eigenvalue weighted by molar-refractivity contribution is 6.16. The maximum Gasteiger partial charge on any atom is 0.103 e. The highest BCUT2D eigenvalue weighted by Gasteiger charge is 2.14. The molecule has 0 aliphatic rings. The molecular weight excluding hydrogens is 252 g/mol. The van der Waals surface area contributed by atoms with E-state index in [0.29, 0.717) is 33.2 Å².